The fourth-order valence-electron chi connectivity index (χ4n) is 3.23. The standard InChI is InChI=1S/C26H31O4S.CH4O3S/c1-5-27-20(3)29-22-12-10-16-25(18-22)31(24-14-8-7-9-15-24)26-17-11-13-23(19-26)30-21(4)28-6-2;1-5(2,3)4/h7-21H,5-6H2,1-4H3;1H3,(H,2,3,4)/q+1;/p-1. The van der Waals surface area contributed by atoms with Crippen LogP contribution in [0.1, 0.15) is 27.7 Å². The Hall–Kier alpha value is -2.56. The van der Waals surface area contributed by atoms with Gasteiger partial charge in [-0.25, -0.2) is 8.42 Å². The van der Waals surface area contributed by atoms with Gasteiger partial charge in [-0.05, 0) is 64.1 Å². The van der Waals surface area contributed by atoms with Crippen LogP contribution in [-0.4, -0.2) is 45.0 Å². The summed E-state index contributed by atoms with van der Waals surface area (Å²) in [5, 5.41) is 0. The second-order valence-corrected chi connectivity index (χ2v) is 11.0. The number of rotatable bonds is 11. The smallest absolute Gasteiger partial charge is 0.196 e. The zero-order valence-electron chi connectivity index (χ0n) is 21.2. The summed E-state index contributed by atoms with van der Waals surface area (Å²) in [6.45, 7) is 8.97. The highest BCUT2D eigenvalue weighted by molar-refractivity contribution is 7.97. The Labute approximate surface area is 217 Å². The van der Waals surface area contributed by atoms with Gasteiger partial charge < -0.3 is 23.5 Å². The first kappa shape index (κ1) is 29.7. The molecule has 3 aromatic carbocycles. The van der Waals surface area contributed by atoms with E-state index in [2.05, 4.69) is 48.5 Å². The Morgan fingerprint density at radius 2 is 1.11 bits per heavy atom. The van der Waals surface area contributed by atoms with E-state index in [-0.39, 0.29) is 23.5 Å². The van der Waals surface area contributed by atoms with E-state index >= 15 is 0 Å². The topological polar surface area (TPSA) is 94.1 Å². The molecule has 196 valence electrons. The lowest BCUT2D eigenvalue weighted by Gasteiger charge is -2.16. The van der Waals surface area contributed by atoms with Crippen molar-refractivity contribution in [3.8, 4) is 11.5 Å². The zero-order chi connectivity index (χ0) is 26.6. The molecule has 0 spiro atoms. The van der Waals surface area contributed by atoms with Crippen LogP contribution in [-0.2, 0) is 30.5 Å². The highest BCUT2D eigenvalue weighted by Gasteiger charge is 2.29. The molecule has 3 aromatic rings. The quantitative estimate of drug-likeness (QED) is 0.183. The molecule has 0 saturated carbocycles. The Morgan fingerprint density at radius 1 is 0.722 bits per heavy atom. The van der Waals surface area contributed by atoms with E-state index in [1.807, 2.05) is 58.0 Å². The molecule has 0 aliphatic carbocycles. The average molecular weight is 535 g/mol. The molecule has 0 aliphatic rings. The summed E-state index contributed by atoms with van der Waals surface area (Å²) in [6.07, 6.45) is 0.0126. The van der Waals surface area contributed by atoms with Gasteiger partial charge in [-0.2, -0.15) is 0 Å². The normalized spacial score (nSPS) is 13.6. The maximum Gasteiger partial charge on any atom is 0.196 e. The third kappa shape index (κ3) is 11.0. The molecule has 9 heteroatoms. The van der Waals surface area contributed by atoms with Crippen LogP contribution in [0.15, 0.2) is 93.5 Å². The van der Waals surface area contributed by atoms with Gasteiger partial charge in [0, 0.05) is 31.6 Å². The molecular formula is C27H34O7S2. The summed E-state index contributed by atoms with van der Waals surface area (Å²) < 4.78 is 50.2. The molecule has 2 atom stereocenters. The molecule has 0 aromatic heterocycles. The SMILES string of the molecule is CCOC(C)Oc1cccc([S+](c2ccccc2)c2cccc(OC(C)OCC)c2)c1.CS(=O)(=O)[O-]. The Morgan fingerprint density at radius 3 is 1.50 bits per heavy atom. The van der Waals surface area contributed by atoms with Crippen LogP contribution in [0.3, 0.4) is 0 Å². The maximum atomic E-state index is 9.08. The predicted molar refractivity (Wildman–Crippen MR) is 141 cm³/mol. The van der Waals surface area contributed by atoms with Gasteiger partial charge in [0.1, 0.15) is 11.5 Å². The Bertz CT molecular complexity index is 1090. The summed E-state index contributed by atoms with van der Waals surface area (Å²) in [6, 6.07) is 27.0. The summed E-state index contributed by atoms with van der Waals surface area (Å²) >= 11 is 0. The number of hydrogen-bond donors (Lipinski definition) is 0. The predicted octanol–water partition coefficient (Wildman–Crippen LogP) is 5.47. The van der Waals surface area contributed by atoms with Crippen LogP contribution in [0.2, 0.25) is 0 Å². The van der Waals surface area contributed by atoms with Gasteiger partial charge in [0.25, 0.3) is 0 Å². The van der Waals surface area contributed by atoms with Crippen LogP contribution in [0.5, 0.6) is 11.5 Å². The van der Waals surface area contributed by atoms with Crippen molar-refractivity contribution in [3.63, 3.8) is 0 Å². The fraction of sp³-hybridized carbons (Fsp3) is 0.333. The number of hydrogen-bond acceptors (Lipinski definition) is 7. The van der Waals surface area contributed by atoms with Crippen molar-refractivity contribution in [1.82, 2.24) is 0 Å². The molecule has 0 radical (unpaired) electrons. The van der Waals surface area contributed by atoms with Crippen molar-refractivity contribution in [3.05, 3.63) is 78.9 Å². The third-order valence-corrected chi connectivity index (χ3v) is 6.66. The van der Waals surface area contributed by atoms with Gasteiger partial charge in [0.05, 0.1) is 21.0 Å². The first-order chi connectivity index (χ1) is 17.1. The van der Waals surface area contributed by atoms with Gasteiger partial charge in [0.15, 0.2) is 27.3 Å². The van der Waals surface area contributed by atoms with Crippen LogP contribution in [0.25, 0.3) is 0 Å². The third-order valence-electron chi connectivity index (χ3n) is 4.47. The van der Waals surface area contributed by atoms with Crippen LogP contribution < -0.4 is 9.47 Å². The van der Waals surface area contributed by atoms with Crippen molar-refractivity contribution in [2.75, 3.05) is 19.5 Å². The molecule has 0 saturated heterocycles. The number of benzene rings is 3. The van der Waals surface area contributed by atoms with Gasteiger partial charge >= 0.3 is 0 Å². The molecule has 2 unspecified atom stereocenters. The van der Waals surface area contributed by atoms with Crippen molar-refractivity contribution in [1.29, 1.82) is 0 Å². The maximum absolute atomic E-state index is 9.08. The molecule has 3 rings (SSSR count). The first-order valence-corrected chi connectivity index (χ1v) is 14.6. The monoisotopic (exact) mass is 534 g/mol. The molecule has 0 amide bonds. The van der Waals surface area contributed by atoms with E-state index in [0.29, 0.717) is 19.5 Å². The van der Waals surface area contributed by atoms with Gasteiger partial charge in [-0.1, -0.05) is 30.3 Å². The summed E-state index contributed by atoms with van der Waals surface area (Å²) in [7, 11) is -4.23. The van der Waals surface area contributed by atoms with E-state index in [0.717, 1.165) is 11.5 Å². The minimum absolute atomic E-state index is 0.296. The van der Waals surface area contributed by atoms with Gasteiger partial charge in [0.2, 0.25) is 0 Å². The zero-order valence-corrected chi connectivity index (χ0v) is 22.9. The van der Waals surface area contributed by atoms with E-state index in [1.165, 1.54) is 14.7 Å². The van der Waals surface area contributed by atoms with E-state index in [9.17, 15) is 0 Å². The Balaban J connectivity index is 0.000000830. The minimum atomic E-state index is -3.92. The largest absolute Gasteiger partial charge is 0.748 e. The molecule has 0 heterocycles. The van der Waals surface area contributed by atoms with Crippen LogP contribution in [0, 0.1) is 0 Å². The Kier molecular flexibility index (Phi) is 12.3. The lowest BCUT2D eigenvalue weighted by atomic mass is 10.3. The van der Waals surface area contributed by atoms with E-state index in [4.69, 9.17) is 31.9 Å². The molecule has 0 fully saturated rings. The average Bonchev–Trinajstić information content (AvgIpc) is 2.80. The second-order valence-electron chi connectivity index (χ2n) is 7.55. The van der Waals surface area contributed by atoms with Crippen molar-refractivity contribution >= 4 is 21.0 Å². The first-order valence-electron chi connectivity index (χ1n) is 11.6. The summed E-state index contributed by atoms with van der Waals surface area (Å²) in [4.78, 5) is 3.57. The van der Waals surface area contributed by atoms with Crippen molar-refractivity contribution < 1.29 is 31.9 Å². The second kappa shape index (κ2) is 14.9. The van der Waals surface area contributed by atoms with Crippen molar-refractivity contribution in [2.45, 2.75) is 55.0 Å². The molecule has 0 bridgehead atoms. The molecule has 0 N–H and O–H groups in total. The van der Waals surface area contributed by atoms with Gasteiger partial charge in [-0.15, -0.1) is 0 Å². The minimum Gasteiger partial charge on any atom is -0.748 e. The number of ether oxygens (including phenoxy) is 4. The molecule has 7 nitrogen and oxygen atoms in total. The highest BCUT2D eigenvalue weighted by Crippen LogP contribution is 2.34. The van der Waals surface area contributed by atoms with Crippen molar-refractivity contribution in [2.24, 2.45) is 0 Å². The van der Waals surface area contributed by atoms with Crippen LogP contribution >= 0.6 is 0 Å². The van der Waals surface area contributed by atoms with E-state index in [1.54, 1.807) is 0 Å². The lowest BCUT2D eigenvalue weighted by Crippen LogP contribution is -2.16. The summed E-state index contributed by atoms with van der Waals surface area (Å²) in [5.74, 6) is 1.59. The summed E-state index contributed by atoms with van der Waals surface area (Å²) in [5.41, 5.74) is 0. The molecule has 0 aliphatic heterocycles. The van der Waals surface area contributed by atoms with Gasteiger partial charge in [-0.3, -0.25) is 0 Å². The fourth-order valence-corrected chi connectivity index (χ4v) is 5.38. The molecular weight excluding hydrogens is 500 g/mol. The highest BCUT2D eigenvalue weighted by atomic mass is 32.2. The molecule has 36 heavy (non-hydrogen) atoms. The van der Waals surface area contributed by atoms with Crippen LogP contribution in [0.4, 0.5) is 0 Å². The lowest BCUT2D eigenvalue weighted by molar-refractivity contribution is -0.0617. The van der Waals surface area contributed by atoms with E-state index < -0.39 is 10.1 Å².